The van der Waals surface area contributed by atoms with Crippen LogP contribution in [-0.2, 0) is 6.54 Å². The van der Waals surface area contributed by atoms with Gasteiger partial charge in [-0.15, -0.1) is 5.10 Å². The number of amides is 1. The first kappa shape index (κ1) is 13.4. The molecule has 0 aliphatic rings. The van der Waals surface area contributed by atoms with Crippen molar-refractivity contribution in [2.45, 2.75) is 13.5 Å². The lowest BCUT2D eigenvalue weighted by molar-refractivity contribution is 0.0995. The van der Waals surface area contributed by atoms with Crippen molar-refractivity contribution in [3.05, 3.63) is 40.7 Å². The summed E-state index contributed by atoms with van der Waals surface area (Å²) < 4.78 is 7.11. The third-order valence-corrected chi connectivity index (χ3v) is 2.85. The number of primary amides is 1. The molecule has 2 N–H and O–H groups in total. The summed E-state index contributed by atoms with van der Waals surface area (Å²) in [5.41, 5.74) is 5.98. The lowest BCUT2D eigenvalue weighted by Gasteiger charge is -2.07. The quantitative estimate of drug-likeness (QED) is 0.898. The molecule has 100 valence electrons. The van der Waals surface area contributed by atoms with Crippen LogP contribution in [0.1, 0.15) is 16.2 Å². The largest absolute Gasteiger partial charge is 0.492 e. The normalized spacial score (nSPS) is 10.4. The first-order chi connectivity index (χ1) is 9.08. The average molecular weight is 281 g/mol. The number of carbonyl (C=O) groups excluding carboxylic acids is 1. The lowest BCUT2D eigenvalue weighted by atomic mass is 10.3. The molecule has 0 spiro atoms. The number of rotatable bonds is 5. The molecule has 1 amide bonds. The molecule has 6 nitrogen and oxygen atoms in total. The summed E-state index contributed by atoms with van der Waals surface area (Å²) in [5.74, 6) is 0.139. The second-order valence-corrected chi connectivity index (χ2v) is 4.35. The number of benzene rings is 1. The fourth-order valence-electron chi connectivity index (χ4n) is 1.58. The Morgan fingerprint density at radius 2 is 2.11 bits per heavy atom. The van der Waals surface area contributed by atoms with Crippen molar-refractivity contribution in [2.75, 3.05) is 6.61 Å². The molecule has 0 saturated heterocycles. The monoisotopic (exact) mass is 280 g/mol. The van der Waals surface area contributed by atoms with Crippen LogP contribution in [0.2, 0.25) is 5.02 Å². The van der Waals surface area contributed by atoms with Crippen molar-refractivity contribution in [3.63, 3.8) is 0 Å². The fraction of sp³-hybridized carbons (Fsp3) is 0.250. The number of aromatic nitrogens is 3. The first-order valence-electron chi connectivity index (χ1n) is 5.66. The van der Waals surface area contributed by atoms with Crippen molar-refractivity contribution >= 4 is 17.5 Å². The maximum Gasteiger partial charge on any atom is 0.271 e. The van der Waals surface area contributed by atoms with Crippen LogP contribution in [0.25, 0.3) is 0 Å². The minimum absolute atomic E-state index is 0.187. The molecule has 0 saturated carbocycles. The number of hydrogen-bond acceptors (Lipinski definition) is 4. The van der Waals surface area contributed by atoms with E-state index in [1.165, 1.54) is 0 Å². The second-order valence-electron chi connectivity index (χ2n) is 3.91. The summed E-state index contributed by atoms with van der Waals surface area (Å²) in [4.78, 5) is 11.0. The molecule has 2 aromatic rings. The van der Waals surface area contributed by atoms with E-state index in [9.17, 15) is 4.79 Å². The Morgan fingerprint density at radius 3 is 2.68 bits per heavy atom. The Bertz CT molecular complexity index is 580. The smallest absolute Gasteiger partial charge is 0.271 e. The van der Waals surface area contributed by atoms with Crippen LogP contribution in [0.4, 0.5) is 0 Å². The fourth-order valence-corrected chi connectivity index (χ4v) is 1.71. The van der Waals surface area contributed by atoms with Crippen molar-refractivity contribution < 1.29 is 9.53 Å². The third kappa shape index (κ3) is 3.23. The highest BCUT2D eigenvalue weighted by Gasteiger charge is 2.12. The van der Waals surface area contributed by atoms with Gasteiger partial charge in [0.1, 0.15) is 12.4 Å². The van der Waals surface area contributed by atoms with E-state index in [0.717, 1.165) is 5.75 Å². The van der Waals surface area contributed by atoms with Gasteiger partial charge in [-0.25, -0.2) is 4.68 Å². The van der Waals surface area contributed by atoms with Gasteiger partial charge in [0.15, 0.2) is 5.69 Å². The van der Waals surface area contributed by atoms with Gasteiger partial charge in [0.05, 0.1) is 12.2 Å². The molecule has 19 heavy (non-hydrogen) atoms. The van der Waals surface area contributed by atoms with Crippen molar-refractivity contribution in [3.8, 4) is 5.75 Å². The number of ether oxygens (including phenoxy) is 1. The third-order valence-electron chi connectivity index (χ3n) is 2.60. The highest BCUT2D eigenvalue weighted by atomic mass is 35.5. The number of halogens is 1. The van der Waals surface area contributed by atoms with Gasteiger partial charge in [-0.2, -0.15) is 0 Å². The van der Waals surface area contributed by atoms with Crippen LogP contribution in [0.3, 0.4) is 0 Å². The van der Waals surface area contributed by atoms with Gasteiger partial charge in [0, 0.05) is 5.02 Å². The molecule has 1 heterocycles. The van der Waals surface area contributed by atoms with Crippen molar-refractivity contribution in [1.29, 1.82) is 0 Å². The van der Waals surface area contributed by atoms with Crippen LogP contribution < -0.4 is 10.5 Å². The van der Waals surface area contributed by atoms with E-state index < -0.39 is 5.91 Å². The van der Waals surface area contributed by atoms with Crippen molar-refractivity contribution in [1.82, 2.24) is 15.0 Å². The summed E-state index contributed by atoms with van der Waals surface area (Å²) in [6.45, 7) is 2.63. The second kappa shape index (κ2) is 5.71. The van der Waals surface area contributed by atoms with Gasteiger partial charge in [0.2, 0.25) is 0 Å². The van der Waals surface area contributed by atoms with E-state index in [1.54, 1.807) is 35.9 Å². The van der Waals surface area contributed by atoms with Gasteiger partial charge in [-0.3, -0.25) is 4.79 Å². The molecular formula is C12H13ClN4O2. The molecule has 1 aromatic carbocycles. The minimum atomic E-state index is -0.581. The van der Waals surface area contributed by atoms with E-state index in [0.29, 0.717) is 23.9 Å². The van der Waals surface area contributed by atoms with Gasteiger partial charge < -0.3 is 10.5 Å². The maximum absolute atomic E-state index is 11.0. The predicted octanol–water partition coefficient (Wildman–Crippen LogP) is 1.42. The Morgan fingerprint density at radius 1 is 1.42 bits per heavy atom. The van der Waals surface area contributed by atoms with E-state index in [-0.39, 0.29) is 5.69 Å². The predicted molar refractivity (Wildman–Crippen MR) is 70.2 cm³/mol. The van der Waals surface area contributed by atoms with Crippen LogP contribution >= 0.6 is 11.6 Å². The van der Waals surface area contributed by atoms with Crippen molar-refractivity contribution in [2.24, 2.45) is 5.73 Å². The van der Waals surface area contributed by atoms with Gasteiger partial charge in [-0.1, -0.05) is 16.8 Å². The van der Waals surface area contributed by atoms with Crippen LogP contribution in [0.15, 0.2) is 24.3 Å². The Labute approximate surface area is 115 Å². The minimum Gasteiger partial charge on any atom is -0.492 e. The van der Waals surface area contributed by atoms with E-state index >= 15 is 0 Å². The SMILES string of the molecule is Cc1c(C(N)=O)nnn1CCOc1ccc(Cl)cc1. The molecular weight excluding hydrogens is 268 g/mol. The molecule has 0 bridgehead atoms. The molecule has 7 heteroatoms. The summed E-state index contributed by atoms with van der Waals surface area (Å²) in [5, 5.41) is 8.22. The molecule has 0 aliphatic carbocycles. The molecule has 0 fully saturated rings. The zero-order valence-electron chi connectivity index (χ0n) is 10.3. The lowest BCUT2D eigenvalue weighted by Crippen LogP contribution is -2.15. The topological polar surface area (TPSA) is 83.0 Å². The Kier molecular flexibility index (Phi) is 4.01. The molecule has 2 rings (SSSR count). The van der Waals surface area contributed by atoms with E-state index in [1.807, 2.05) is 0 Å². The highest BCUT2D eigenvalue weighted by Crippen LogP contribution is 2.15. The first-order valence-corrected chi connectivity index (χ1v) is 6.04. The molecule has 0 aliphatic heterocycles. The molecule has 0 radical (unpaired) electrons. The average Bonchev–Trinajstić information content (AvgIpc) is 2.74. The molecule has 1 aromatic heterocycles. The number of hydrogen-bond donors (Lipinski definition) is 1. The summed E-state index contributed by atoms with van der Waals surface area (Å²) >= 11 is 5.77. The number of nitrogens with two attached hydrogens (primary N) is 1. The zero-order chi connectivity index (χ0) is 13.8. The number of carbonyl (C=O) groups is 1. The van der Waals surface area contributed by atoms with E-state index in [2.05, 4.69) is 10.3 Å². The van der Waals surface area contributed by atoms with Crippen LogP contribution in [0, 0.1) is 6.92 Å². The highest BCUT2D eigenvalue weighted by molar-refractivity contribution is 6.30. The summed E-state index contributed by atoms with van der Waals surface area (Å²) in [6.07, 6.45) is 0. The Hall–Kier alpha value is -2.08. The standard InChI is InChI=1S/C12H13ClN4O2/c1-8-11(12(14)18)15-16-17(8)6-7-19-10-4-2-9(13)3-5-10/h2-5H,6-7H2,1H3,(H2,14,18). The molecule has 0 unspecified atom stereocenters. The van der Waals surface area contributed by atoms with Crippen LogP contribution in [-0.4, -0.2) is 27.5 Å². The zero-order valence-corrected chi connectivity index (χ0v) is 11.1. The van der Waals surface area contributed by atoms with Gasteiger partial charge in [0.25, 0.3) is 5.91 Å². The Balaban J connectivity index is 1.92. The maximum atomic E-state index is 11.0. The molecule has 0 atom stereocenters. The van der Waals surface area contributed by atoms with Gasteiger partial charge >= 0.3 is 0 Å². The van der Waals surface area contributed by atoms with E-state index in [4.69, 9.17) is 22.1 Å². The van der Waals surface area contributed by atoms with Gasteiger partial charge in [-0.05, 0) is 31.2 Å². The van der Waals surface area contributed by atoms with Crippen LogP contribution in [0.5, 0.6) is 5.75 Å². The number of nitrogens with zero attached hydrogens (tertiary/aromatic N) is 3. The summed E-state index contributed by atoms with van der Waals surface area (Å²) in [6, 6.07) is 7.07. The summed E-state index contributed by atoms with van der Waals surface area (Å²) in [7, 11) is 0.